The second kappa shape index (κ2) is 8.18. The summed E-state index contributed by atoms with van der Waals surface area (Å²) in [6.45, 7) is -0.340. The summed E-state index contributed by atoms with van der Waals surface area (Å²) in [5.74, 6) is -1.47. The van der Waals surface area contributed by atoms with Gasteiger partial charge in [0, 0.05) is 22.0 Å². The van der Waals surface area contributed by atoms with E-state index in [0.29, 0.717) is 34.4 Å². The van der Waals surface area contributed by atoms with Crippen molar-refractivity contribution in [3.05, 3.63) is 77.1 Å². The molecule has 1 N–H and O–H groups in total. The van der Waals surface area contributed by atoms with Crippen LogP contribution in [0.15, 0.2) is 48.5 Å². The number of ether oxygens (including phenoxy) is 1. The van der Waals surface area contributed by atoms with Crippen molar-refractivity contribution in [2.24, 2.45) is 0 Å². The largest absolute Gasteiger partial charge is 0.434 e. The zero-order valence-electron chi connectivity index (χ0n) is 19.6. The van der Waals surface area contributed by atoms with Gasteiger partial charge in [-0.05, 0) is 61.7 Å². The lowest BCUT2D eigenvalue weighted by Crippen LogP contribution is -2.28. The summed E-state index contributed by atoms with van der Waals surface area (Å²) >= 11 is 0. The Kier molecular flexibility index (Phi) is 5.25. The summed E-state index contributed by atoms with van der Waals surface area (Å²) in [4.78, 5) is 17.5. The van der Waals surface area contributed by atoms with E-state index in [-0.39, 0.29) is 22.2 Å². The van der Waals surface area contributed by atoms with Crippen molar-refractivity contribution in [1.82, 2.24) is 14.9 Å². The molecule has 2 atom stereocenters. The number of fused-ring (bicyclic) bond motifs is 9. The molecule has 0 spiro atoms. The number of aromatic nitrogens is 2. The number of carbonyl (C=O) groups is 1. The first kappa shape index (κ1) is 23.7. The van der Waals surface area contributed by atoms with Gasteiger partial charge in [-0.25, -0.2) is 13.8 Å². The predicted molar refractivity (Wildman–Crippen MR) is 130 cm³/mol. The minimum atomic E-state index is -3.08. The van der Waals surface area contributed by atoms with Crippen molar-refractivity contribution in [1.29, 1.82) is 0 Å². The first-order valence-corrected chi connectivity index (χ1v) is 14.1. The third-order valence-corrected chi connectivity index (χ3v) is 8.40. The van der Waals surface area contributed by atoms with Gasteiger partial charge in [-0.2, -0.15) is 8.78 Å². The number of hydrogen-bond acceptors (Lipinski definition) is 4. The Morgan fingerprint density at radius 2 is 1.86 bits per heavy atom. The highest BCUT2D eigenvalue weighted by Crippen LogP contribution is 2.48. The van der Waals surface area contributed by atoms with Gasteiger partial charge in [-0.3, -0.25) is 4.79 Å². The van der Waals surface area contributed by atoms with Gasteiger partial charge in [0.25, 0.3) is 5.91 Å². The lowest BCUT2D eigenvalue weighted by molar-refractivity contribution is -0.0507. The first-order chi connectivity index (χ1) is 17.5. The Hall–Kier alpha value is -3.65. The lowest BCUT2D eigenvalue weighted by atomic mass is 9.97. The van der Waals surface area contributed by atoms with Gasteiger partial charge in [0.1, 0.15) is 30.4 Å². The van der Waals surface area contributed by atoms with Crippen molar-refractivity contribution in [3.8, 4) is 16.9 Å². The van der Waals surface area contributed by atoms with E-state index in [4.69, 9.17) is 4.74 Å². The highest BCUT2D eigenvalue weighted by Gasteiger charge is 2.42. The molecule has 0 aliphatic carbocycles. The molecule has 37 heavy (non-hydrogen) atoms. The second-order valence-electron chi connectivity index (χ2n) is 9.55. The van der Waals surface area contributed by atoms with E-state index in [1.54, 1.807) is 24.3 Å². The number of benzene rings is 3. The van der Waals surface area contributed by atoms with Gasteiger partial charge in [0.05, 0.1) is 23.1 Å². The van der Waals surface area contributed by atoms with Crippen LogP contribution in [0.1, 0.15) is 40.3 Å². The van der Waals surface area contributed by atoms with E-state index in [1.807, 2.05) is 4.57 Å². The highest BCUT2D eigenvalue weighted by atomic mass is 31.2. The molecule has 2 aliphatic rings. The van der Waals surface area contributed by atoms with Crippen molar-refractivity contribution < 1.29 is 31.7 Å². The van der Waals surface area contributed by atoms with Crippen LogP contribution in [-0.2, 0) is 4.57 Å². The third kappa shape index (κ3) is 3.73. The summed E-state index contributed by atoms with van der Waals surface area (Å²) < 4.78 is 75.2. The van der Waals surface area contributed by atoms with Crippen LogP contribution in [0.25, 0.3) is 22.2 Å². The smallest absolute Gasteiger partial charge is 0.387 e. The Balaban J connectivity index is 1.54. The maximum Gasteiger partial charge on any atom is 0.387 e. The van der Waals surface area contributed by atoms with E-state index < -0.39 is 43.4 Å². The molecule has 190 valence electrons. The lowest BCUT2D eigenvalue weighted by Gasteiger charge is -2.21. The fourth-order valence-corrected chi connectivity index (χ4v) is 6.35. The summed E-state index contributed by atoms with van der Waals surface area (Å²) in [5.41, 5.74) is 2.00. The minimum Gasteiger partial charge on any atom is -0.434 e. The topological polar surface area (TPSA) is 73.2 Å². The average Bonchev–Trinajstić information content (AvgIpc) is 3.31. The molecule has 6 nitrogen and oxygen atoms in total. The Morgan fingerprint density at radius 1 is 1.08 bits per heavy atom. The molecule has 1 aromatic heterocycles. The molecule has 0 saturated heterocycles. The number of alkyl halides is 2. The molecule has 1 amide bonds. The normalized spacial score (nSPS) is 18.5. The third-order valence-electron chi connectivity index (χ3n) is 6.89. The molecule has 2 aliphatic heterocycles. The van der Waals surface area contributed by atoms with Crippen LogP contribution < -0.4 is 15.4 Å². The molecule has 4 aromatic rings. The monoisotopic (exact) mass is 529 g/mol. The molecule has 6 rings (SSSR count). The van der Waals surface area contributed by atoms with Crippen LogP contribution in [0.2, 0.25) is 0 Å². The standard InChI is InChI=1S/C26H20F4N3O3P/c1-37(2,35)22-10-15(27)14(9-16(22)28)12-6-7-17-19(8-12)33-20-11-18(24(33)31-17)32-25(34)13-4-3-5-21(23(13)20)36-26(29)30/h3-10,18,20,26H,11H2,1-2H3,(H,32,34)/t18-,20-/m1/s1. The summed E-state index contributed by atoms with van der Waals surface area (Å²) in [7, 11) is -3.03. The number of imidazole rings is 1. The number of hydrogen-bond donors (Lipinski definition) is 1. The Labute approximate surface area is 208 Å². The fourth-order valence-electron chi connectivity index (χ4n) is 5.35. The summed E-state index contributed by atoms with van der Waals surface area (Å²) in [6, 6.07) is 10.3. The van der Waals surface area contributed by atoms with Gasteiger partial charge in [-0.15, -0.1) is 0 Å². The van der Waals surface area contributed by atoms with Crippen LogP contribution in [0.5, 0.6) is 5.75 Å². The molecule has 3 heterocycles. The van der Waals surface area contributed by atoms with Gasteiger partial charge >= 0.3 is 6.61 Å². The van der Waals surface area contributed by atoms with Crippen LogP contribution in [-0.4, -0.2) is 35.4 Å². The number of halogens is 4. The van der Waals surface area contributed by atoms with E-state index in [1.165, 1.54) is 25.5 Å². The number of amides is 1. The zero-order valence-corrected chi connectivity index (χ0v) is 20.5. The van der Waals surface area contributed by atoms with E-state index in [9.17, 15) is 22.5 Å². The SMILES string of the molecule is CP(C)(=O)c1cc(F)c(-c2ccc3nc4n(c3c2)[C@@H]2C[C@H]4NC(=O)c3cccc(OC(F)F)c32)cc1F. The molecular formula is C26H20F4N3O3P. The molecule has 0 saturated carbocycles. The fraction of sp³-hybridized carbons (Fsp3) is 0.231. The average molecular weight is 529 g/mol. The Bertz CT molecular complexity index is 1660. The highest BCUT2D eigenvalue weighted by molar-refractivity contribution is 7.70. The van der Waals surface area contributed by atoms with Crippen LogP contribution in [0, 0.1) is 11.6 Å². The first-order valence-electron chi connectivity index (χ1n) is 11.5. The maximum atomic E-state index is 15.1. The van der Waals surface area contributed by atoms with Crippen molar-refractivity contribution in [2.45, 2.75) is 25.1 Å². The van der Waals surface area contributed by atoms with Crippen LogP contribution in [0.4, 0.5) is 17.6 Å². The van der Waals surface area contributed by atoms with E-state index in [2.05, 4.69) is 10.3 Å². The molecular weight excluding hydrogens is 509 g/mol. The molecule has 2 bridgehead atoms. The molecule has 0 unspecified atom stereocenters. The van der Waals surface area contributed by atoms with E-state index in [0.717, 1.165) is 12.1 Å². The summed E-state index contributed by atoms with van der Waals surface area (Å²) in [5, 5.41) is 2.74. The van der Waals surface area contributed by atoms with Crippen LogP contribution >= 0.6 is 7.14 Å². The van der Waals surface area contributed by atoms with Crippen molar-refractivity contribution in [3.63, 3.8) is 0 Å². The second-order valence-corrected chi connectivity index (χ2v) is 12.7. The van der Waals surface area contributed by atoms with Gasteiger partial charge in [-0.1, -0.05) is 12.1 Å². The molecule has 11 heteroatoms. The molecule has 3 aromatic carbocycles. The Morgan fingerprint density at radius 3 is 2.59 bits per heavy atom. The predicted octanol–water partition coefficient (Wildman–Crippen LogP) is 5.61. The van der Waals surface area contributed by atoms with Gasteiger partial charge in [0.2, 0.25) is 0 Å². The minimum absolute atomic E-state index is 0.0132. The molecule has 0 fully saturated rings. The number of carbonyl (C=O) groups excluding carboxylic acids is 1. The van der Waals surface area contributed by atoms with Crippen LogP contribution in [0.3, 0.4) is 0 Å². The van der Waals surface area contributed by atoms with Crippen molar-refractivity contribution in [2.75, 3.05) is 13.3 Å². The maximum absolute atomic E-state index is 15.1. The summed E-state index contributed by atoms with van der Waals surface area (Å²) in [6.07, 6.45) is 0.366. The number of nitrogens with one attached hydrogen (secondary N) is 1. The number of nitrogens with zero attached hydrogens (tertiary/aromatic N) is 2. The van der Waals surface area contributed by atoms with Gasteiger partial charge < -0.3 is 19.2 Å². The van der Waals surface area contributed by atoms with E-state index >= 15 is 4.39 Å². The number of rotatable bonds is 4. The van der Waals surface area contributed by atoms with Gasteiger partial charge in [0.15, 0.2) is 0 Å². The quantitative estimate of drug-likeness (QED) is 0.276. The molecule has 0 radical (unpaired) electrons. The van der Waals surface area contributed by atoms with Crippen molar-refractivity contribution >= 4 is 29.4 Å². The zero-order chi connectivity index (χ0) is 26.2.